The number of hydrogen-bond acceptors (Lipinski definition) is 2. The second-order valence-electron chi connectivity index (χ2n) is 24.3. The Bertz CT molecular complexity index is 5890. The third kappa shape index (κ3) is 8.86. The van der Waals surface area contributed by atoms with E-state index >= 15 is 0 Å². The largest absolute Gasteiger partial charge is 0.458 e. The van der Waals surface area contributed by atoms with E-state index in [0.717, 1.165) is 44.3 Å². The molecule has 2 aliphatic rings. The minimum atomic E-state index is -4.52. The number of fused-ring (bicyclic) bond motifs is 11. The maximum atomic E-state index is 10.4. The lowest BCUT2D eigenvalue weighted by Gasteiger charge is -2.42. The molecule has 0 unspecified atom stereocenters. The zero-order chi connectivity index (χ0) is 77.3. The number of imidazole rings is 1. The minimum Gasteiger partial charge on any atom is -0.458 e. The van der Waals surface area contributed by atoms with Crippen molar-refractivity contribution in [3.8, 4) is 73.2 Å². The molecule has 0 N–H and O–H groups in total. The summed E-state index contributed by atoms with van der Waals surface area (Å²) in [6.07, 6.45) is -3.57. The first kappa shape index (κ1) is 38.3. The van der Waals surface area contributed by atoms with Crippen molar-refractivity contribution < 1.29 is 35.3 Å². The first-order valence-corrected chi connectivity index (χ1v) is 32.0. The van der Waals surface area contributed by atoms with Gasteiger partial charge in [0.05, 0.1) is 37.6 Å². The molecule has 0 amide bonds. The van der Waals surface area contributed by atoms with Crippen LogP contribution in [0, 0.1) is 6.33 Å². The van der Waals surface area contributed by atoms with Crippen molar-refractivity contribution >= 4 is 61.7 Å². The van der Waals surface area contributed by atoms with Crippen molar-refractivity contribution in [2.24, 2.45) is 0 Å². The van der Waals surface area contributed by atoms with E-state index in [1.165, 1.54) is 26.8 Å². The SMILES string of the molecule is [2H]c1c([2H])c2c(c([2H])c1-c1cccc3c1-[n+]1[c-]n(-c4cccc(Oc5ccc6c7cc([Si](c8ccccc8)(c8ccccc8)c8ccccc8)ccc7n(-c7cc(C(C)(C)C)ccn7)c6c5)c4)c4cccc(c41)-c1ccccc1-c1ccccc1-3)C(C([2H])([2H])[2H])(C([2H])([2H])[2H])C([2H])([2H])C([2H])([2H])C2(C([2H])([2H])[2H])C([2H])([2H])[2H]. The minimum absolute atomic E-state index is 0.111. The summed E-state index contributed by atoms with van der Waals surface area (Å²) in [5.74, 6) is 1.62. The third-order valence-electron chi connectivity index (χ3n) is 17.9. The van der Waals surface area contributed by atoms with Crippen LogP contribution in [0.3, 0.4) is 0 Å². The van der Waals surface area contributed by atoms with Gasteiger partial charge in [0.2, 0.25) is 0 Å². The van der Waals surface area contributed by atoms with E-state index in [-0.39, 0.29) is 16.7 Å². The van der Waals surface area contributed by atoms with Crippen molar-refractivity contribution in [2.45, 2.75) is 77.2 Å². The molecule has 0 radical (unpaired) electrons. The smallest absolute Gasteiger partial charge is 0.269 e. The Morgan fingerprint density at radius 2 is 1.09 bits per heavy atom. The molecular formula is C84H70N4OSi. The highest BCUT2D eigenvalue weighted by Crippen LogP contribution is 2.49. The Morgan fingerprint density at radius 1 is 0.511 bits per heavy atom. The topological polar surface area (TPSA) is 35.9 Å². The third-order valence-corrected chi connectivity index (χ3v) is 22.7. The summed E-state index contributed by atoms with van der Waals surface area (Å²) in [4.78, 5) is 5.07. The highest BCUT2D eigenvalue weighted by atomic mass is 28.3. The Morgan fingerprint density at radius 3 is 1.76 bits per heavy atom. The number of pyridine rings is 1. The highest BCUT2D eigenvalue weighted by molar-refractivity contribution is 7.20. The molecule has 5 nitrogen and oxygen atoms in total. The first-order valence-electron chi connectivity index (χ1n) is 39.5. The molecule has 0 bridgehead atoms. The van der Waals surface area contributed by atoms with Gasteiger partial charge in [-0.2, -0.15) is 0 Å². The fourth-order valence-electron chi connectivity index (χ4n) is 13.7. The van der Waals surface area contributed by atoms with Crippen LogP contribution in [0.2, 0.25) is 0 Å². The second-order valence-corrected chi connectivity index (χ2v) is 28.1. The van der Waals surface area contributed by atoms with Crippen molar-refractivity contribution in [2.75, 3.05) is 0 Å². The molecule has 90 heavy (non-hydrogen) atoms. The average Bonchev–Trinajstić information content (AvgIpc) is 1.07. The van der Waals surface area contributed by atoms with E-state index in [9.17, 15) is 9.60 Å². The van der Waals surface area contributed by atoms with Gasteiger partial charge in [-0.25, -0.2) is 4.98 Å². The van der Waals surface area contributed by atoms with Crippen molar-refractivity contribution in [1.29, 1.82) is 0 Å². The van der Waals surface area contributed by atoms with E-state index < -0.39 is 93.9 Å². The normalized spacial score (nSPS) is 18.8. The van der Waals surface area contributed by atoms with Crippen LogP contribution in [0.5, 0.6) is 11.5 Å². The quantitative estimate of drug-likeness (QED) is 0.0625. The molecular weight excluding hydrogens is 1110 g/mol. The summed E-state index contributed by atoms with van der Waals surface area (Å²) in [6, 6.07) is 78.5. The molecule has 4 heterocycles. The molecule has 436 valence electrons. The van der Waals surface area contributed by atoms with Crippen LogP contribution < -0.4 is 30.1 Å². The van der Waals surface area contributed by atoms with Crippen LogP contribution >= 0.6 is 0 Å². The lowest BCUT2D eigenvalue weighted by atomic mass is 9.63. The molecule has 0 fully saturated rings. The van der Waals surface area contributed by atoms with Crippen LogP contribution in [0.25, 0.3) is 94.5 Å². The van der Waals surface area contributed by atoms with Gasteiger partial charge in [0.15, 0.2) is 8.07 Å². The maximum Gasteiger partial charge on any atom is 0.269 e. The highest BCUT2D eigenvalue weighted by Gasteiger charge is 2.42. The predicted molar refractivity (Wildman–Crippen MR) is 375 cm³/mol. The van der Waals surface area contributed by atoms with Crippen LogP contribution in [-0.2, 0) is 16.2 Å². The van der Waals surface area contributed by atoms with Gasteiger partial charge in [0, 0.05) is 45.0 Å². The van der Waals surface area contributed by atoms with Crippen LogP contribution in [-0.4, -0.2) is 22.2 Å². The summed E-state index contributed by atoms with van der Waals surface area (Å²) in [5, 5.41) is 6.87. The predicted octanol–water partition coefficient (Wildman–Crippen LogP) is 18.0. The number of ether oxygens (including phenoxy) is 1. The number of rotatable bonds is 9. The van der Waals surface area contributed by atoms with Crippen molar-refractivity contribution in [3.05, 3.63) is 296 Å². The summed E-state index contributed by atoms with van der Waals surface area (Å²) in [5.41, 5.74) is -4.46. The van der Waals surface area contributed by atoms with Gasteiger partial charge in [-0.1, -0.05) is 260 Å². The summed E-state index contributed by atoms with van der Waals surface area (Å²) in [6.45, 7) is -10.5. The van der Waals surface area contributed by atoms with Crippen molar-refractivity contribution in [3.63, 3.8) is 0 Å². The Hall–Kier alpha value is -10.1. The second kappa shape index (κ2) is 21.0. The fraction of sp³-hybridized carbons (Fsp3) is 0.143. The molecule has 0 spiro atoms. The van der Waals surface area contributed by atoms with Gasteiger partial charge in [0.25, 0.3) is 6.33 Å². The molecule has 3 aromatic heterocycles. The van der Waals surface area contributed by atoms with Gasteiger partial charge < -0.3 is 4.74 Å². The number of para-hydroxylation sites is 2. The van der Waals surface area contributed by atoms with Crippen LogP contribution in [0.4, 0.5) is 0 Å². The number of hydrogen-bond donors (Lipinski definition) is 0. The number of aromatic nitrogens is 4. The van der Waals surface area contributed by atoms with E-state index in [1.807, 2.05) is 115 Å². The van der Waals surface area contributed by atoms with Crippen molar-refractivity contribution in [1.82, 2.24) is 14.1 Å². The summed E-state index contributed by atoms with van der Waals surface area (Å²) in [7, 11) is -3.01. The summed E-state index contributed by atoms with van der Waals surface area (Å²) < 4.78 is 190. The van der Waals surface area contributed by atoms with Gasteiger partial charge in [-0.15, -0.1) is 0 Å². The first-order chi connectivity index (χ1) is 51.5. The number of nitrogens with zero attached hydrogens (tertiary/aromatic N) is 4. The Labute approximate surface area is 555 Å². The fourth-order valence-corrected chi connectivity index (χ4v) is 18.5. The van der Waals surface area contributed by atoms with Gasteiger partial charge >= 0.3 is 0 Å². The van der Waals surface area contributed by atoms with E-state index in [4.69, 9.17) is 26.2 Å². The van der Waals surface area contributed by atoms with Gasteiger partial charge in [-0.3, -0.25) is 13.7 Å². The average molecular weight is 1200 g/mol. The molecule has 11 aromatic carbocycles. The van der Waals surface area contributed by atoms with E-state index in [0.29, 0.717) is 50.5 Å². The van der Waals surface area contributed by atoms with E-state index in [1.54, 1.807) is 21.3 Å². The lowest BCUT2D eigenvalue weighted by molar-refractivity contribution is -0.570. The van der Waals surface area contributed by atoms with Crippen LogP contribution in [0.1, 0.15) is 104 Å². The Kier molecular flexibility index (Phi) is 8.94. The standard InChI is InChI=1S/C84H70N4OSi/c1-82(2,3)57-46-49-85-79(51-57)88-76-45-42-64(90(61-26-11-8-12-27-61,62-28-13-9-14-29-62)63-30-15-10-16-31-63)54-73(76)70-43-41-60(53-78(70)88)89-59-25-21-24-58(52-59)86-55-87-80-65(56-40-44-74-75(50-56)84(6,7)48-47-83(74,4)5)36-22-37-71(80)68-34-19-17-32-66(68)67-33-18-20-35-69(67)72-38-23-39-77(86)81(72)87/h8-46,49-54H,47-48H2,1-7H3/i4D3,5D3,6D3,7D3,40D,44D,47D2,48D2,50D. The zero-order valence-electron chi connectivity index (χ0n) is 68.4. The van der Waals surface area contributed by atoms with Gasteiger partial charge in [-0.05, 0) is 159 Å². The van der Waals surface area contributed by atoms with Crippen LogP contribution in [0.15, 0.2) is 273 Å². The Balaban J connectivity index is 0.922. The van der Waals surface area contributed by atoms with Gasteiger partial charge in [0.1, 0.15) is 17.3 Å². The maximum absolute atomic E-state index is 10.4. The molecule has 6 heteroatoms. The molecule has 0 saturated carbocycles. The molecule has 0 saturated heterocycles. The zero-order valence-corrected chi connectivity index (χ0v) is 50.4. The number of benzene rings is 11. The van der Waals surface area contributed by atoms with E-state index in [2.05, 4.69) is 153 Å². The molecule has 14 aromatic rings. The lowest BCUT2D eigenvalue weighted by Crippen LogP contribution is -2.74. The monoisotopic (exact) mass is 1200 g/mol. The molecule has 1 aliphatic carbocycles. The molecule has 0 atom stereocenters. The molecule has 16 rings (SSSR count). The molecule has 1 aliphatic heterocycles. The summed E-state index contributed by atoms with van der Waals surface area (Å²) >= 11 is 0.